The summed E-state index contributed by atoms with van der Waals surface area (Å²) in [6, 6.07) is 5.71. The molecule has 0 heterocycles. The van der Waals surface area contributed by atoms with E-state index in [1.807, 2.05) is 18.2 Å². The Morgan fingerprint density at radius 1 is 1.47 bits per heavy atom. The van der Waals surface area contributed by atoms with E-state index in [4.69, 9.17) is 9.84 Å². The Hall–Kier alpha value is -1.51. The van der Waals surface area contributed by atoms with Crippen molar-refractivity contribution in [2.24, 2.45) is 0 Å². The molecular formula is C12H14O3. The van der Waals surface area contributed by atoms with Crippen molar-refractivity contribution >= 4 is 5.97 Å². The van der Waals surface area contributed by atoms with Crippen LogP contribution in [0.15, 0.2) is 18.2 Å². The molecular weight excluding hydrogens is 192 g/mol. The minimum Gasteiger partial charge on any atom is -0.497 e. The van der Waals surface area contributed by atoms with E-state index in [2.05, 4.69) is 6.92 Å². The van der Waals surface area contributed by atoms with Crippen LogP contribution in [0.4, 0.5) is 0 Å². The molecule has 1 N–H and O–H groups in total. The van der Waals surface area contributed by atoms with Crippen molar-refractivity contribution < 1.29 is 14.6 Å². The maximum Gasteiger partial charge on any atom is 0.311 e. The zero-order valence-electron chi connectivity index (χ0n) is 8.86. The Morgan fingerprint density at radius 2 is 2.20 bits per heavy atom. The van der Waals surface area contributed by atoms with E-state index >= 15 is 0 Å². The van der Waals surface area contributed by atoms with Gasteiger partial charge in [-0.25, -0.2) is 0 Å². The smallest absolute Gasteiger partial charge is 0.311 e. The van der Waals surface area contributed by atoms with Crippen LogP contribution in [0.2, 0.25) is 0 Å². The third-order valence-electron chi connectivity index (χ3n) is 3.09. The Balaban J connectivity index is 2.47. The molecule has 0 amide bonds. The summed E-state index contributed by atoms with van der Waals surface area (Å²) in [5.41, 5.74) is 2.05. The SMILES string of the molecule is COc1ccc2c(c1)C(C(=O)O)CC2C. The maximum atomic E-state index is 11.1. The normalized spacial score (nSPS) is 23.6. The number of carboxylic acids is 1. The molecule has 3 nitrogen and oxygen atoms in total. The summed E-state index contributed by atoms with van der Waals surface area (Å²) in [6.07, 6.45) is 0.692. The van der Waals surface area contributed by atoms with Gasteiger partial charge in [-0.3, -0.25) is 4.79 Å². The van der Waals surface area contributed by atoms with Gasteiger partial charge in [0.05, 0.1) is 13.0 Å². The lowest BCUT2D eigenvalue weighted by Crippen LogP contribution is -2.07. The molecule has 0 aromatic heterocycles. The number of carbonyl (C=O) groups is 1. The average Bonchev–Trinajstić information content (AvgIpc) is 2.56. The fourth-order valence-electron chi connectivity index (χ4n) is 2.27. The van der Waals surface area contributed by atoms with Crippen molar-refractivity contribution in [1.29, 1.82) is 0 Å². The third-order valence-corrected chi connectivity index (χ3v) is 3.09. The summed E-state index contributed by atoms with van der Waals surface area (Å²) in [4.78, 5) is 11.1. The highest BCUT2D eigenvalue weighted by Crippen LogP contribution is 2.42. The van der Waals surface area contributed by atoms with Gasteiger partial charge in [-0.1, -0.05) is 13.0 Å². The van der Waals surface area contributed by atoms with Crippen molar-refractivity contribution in [3.05, 3.63) is 29.3 Å². The molecule has 0 saturated carbocycles. The van der Waals surface area contributed by atoms with Gasteiger partial charge in [0.25, 0.3) is 0 Å². The summed E-state index contributed by atoms with van der Waals surface area (Å²) < 4.78 is 5.11. The zero-order valence-corrected chi connectivity index (χ0v) is 8.86. The van der Waals surface area contributed by atoms with Crippen molar-refractivity contribution in [2.45, 2.75) is 25.2 Å². The average molecular weight is 206 g/mol. The summed E-state index contributed by atoms with van der Waals surface area (Å²) >= 11 is 0. The first kappa shape index (κ1) is 10.0. The topological polar surface area (TPSA) is 46.5 Å². The van der Waals surface area contributed by atoms with Gasteiger partial charge in [-0.15, -0.1) is 0 Å². The van der Waals surface area contributed by atoms with E-state index in [1.54, 1.807) is 7.11 Å². The molecule has 15 heavy (non-hydrogen) atoms. The van der Waals surface area contributed by atoms with E-state index in [0.717, 1.165) is 16.9 Å². The second-order valence-corrected chi connectivity index (χ2v) is 4.02. The van der Waals surface area contributed by atoms with Crippen molar-refractivity contribution in [3.8, 4) is 5.75 Å². The molecule has 1 aliphatic carbocycles. The molecule has 80 valence electrons. The van der Waals surface area contributed by atoms with Gasteiger partial charge in [0.2, 0.25) is 0 Å². The number of rotatable bonds is 2. The predicted molar refractivity (Wildman–Crippen MR) is 56.4 cm³/mol. The lowest BCUT2D eigenvalue weighted by Gasteiger charge is -2.07. The molecule has 1 aromatic rings. The van der Waals surface area contributed by atoms with Crippen LogP contribution in [0.25, 0.3) is 0 Å². The number of aliphatic carboxylic acids is 1. The van der Waals surface area contributed by atoms with Crippen molar-refractivity contribution in [2.75, 3.05) is 7.11 Å². The summed E-state index contributed by atoms with van der Waals surface area (Å²) in [6.45, 7) is 2.06. The molecule has 1 aliphatic rings. The molecule has 2 unspecified atom stereocenters. The van der Waals surface area contributed by atoms with E-state index < -0.39 is 5.97 Å². The second kappa shape index (κ2) is 3.57. The number of methoxy groups -OCH3 is 1. The van der Waals surface area contributed by atoms with E-state index in [0.29, 0.717) is 12.3 Å². The minimum absolute atomic E-state index is 0.326. The number of hydrogen-bond donors (Lipinski definition) is 1. The fourth-order valence-corrected chi connectivity index (χ4v) is 2.27. The van der Waals surface area contributed by atoms with Gasteiger partial charge < -0.3 is 9.84 Å². The van der Waals surface area contributed by atoms with E-state index in [1.165, 1.54) is 0 Å². The third kappa shape index (κ3) is 1.58. The van der Waals surface area contributed by atoms with Crippen LogP contribution in [0, 0.1) is 0 Å². The van der Waals surface area contributed by atoms with E-state index in [-0.39, 0.29) is 5.92 Å². The van der Waals surface area contributed by atoms with E-state index in [9.17, 15) is 4.79 Å². The first-order valence-corrected chi connectivity index (χ1v) is 5.04. The minimum atomic E-state index is -0.742. The molecule has 2 rings (SSSR count). The molecule has 2 atom stereocenters. The largest absolute Gasteiger partial charge is 0.497 e. The zero-order chi connectivity index (χ0) is 11.0. The molecule has 0 saturated heterocycles. The van der Waals surface area contributed by atoms with Gasteiger partial charge in [0, 0.05) is 0 Å². The Labute approximate surface area is 88.7 Å². The predicted octanol–water partition coefficient (Wildman–Crippen LogP) is 2.37. The number of carboxylic acid groups (broad SMARTS) is 1. The highest BCUT2D eigenvalue weighted by molar-refractivity contribution is 5.78. The van der Waals surface area contributed by atoms with Gasteiger partial charge in [0.15, 0.2) is 0 Å². The molecule has 0 fully saturated rings. The first-order chi connectivity index (χ1) is 7.13. The highest BCUT2D eigenvalue weighted by Gasteiger charge is 2.33. The molecule has 0 radical (unpaired) electrons. The monoisotopic (exact) mass is 206 g/mol. The maximum absolute atomic E-state index is 11.1. The van der Waals surface area contributed by atoms with Crippen LogP contribution in [-0.4, -0.2) is 18.2 Å². The number of benzene rings is 1. The van der Waals surface area contributed by atoms with Crippen LogP contribution < -0.4 is 4.74 Å². The molecule has 1 aromatic carbocycles. The second-order valence-electron chi connectivity index (χ2n) is 4.02. The molecule has 3 heteroatoms. The Kier molecular flexibility index (Phi) is 2.39. The van der Waals surface area contributed by atoms with Crippen LogP contribution in [0.5, 0.6) is 5.75 Å². The van der Waals surface area contributed by atoms with Crippen LogP contribution in [0.1, 0.15) is 36.3 Å². The number of hydrogen-bond acceptors (Lipinski definition) is 2. The quantitative estimate of drug-likeness (QED) is 0.808. The lowest BCUT2D eigenvalue weighted by molar-refractivity contribution is -0.138. The summed E-state index contributed by atoms with van der Waals surface area (Å²) in [7, 11) is 1.59. The molecule has 0 aliphatic heterocycles. The van der Waals surface area contributed by atoms with Gasteiger partial charge in [-0.05, 0) is 35.6 Å². The van der Waals surface area contributed by atoms with Gasteiger partial charge >= 0.3 is 5.97 Å². The lowest BCUT2D eigenvalue weighted by atomic mass is 10.0. The number of ether oxygens (including phenoxy) is 1. The first-order valence-electron chi connectivity index (χ1n) is 5.04. The van der Waals surface area contributed by atoms with Gasteiger partial charge in [-0.2, -0.15) is 0 Å². The Morgan fingerprint density at radius 3 is 2.80 bits per heavy atom. The summed E-state index contributed by atoms with van der Waals surface area (Å²) in [5.74, 6) is -0.0555. The highest BCUT2D eigenvalue weighted by atomic mass is 16.5. The molecule has 0 spiro atoms. The standard InChI is InChI=1S/C12H14O3/c1-7-5-11(12(13)14)10-6-8(15-2)3-4-9(7)10/h3-4,6-7,11H,5H2,1-2H3,(H,13,14). The summed E-state index contributed by atoms with van der Waals surface area (Å²) in [5, 5.41) is 9.10. The van der Waals surface area contributed by atoms with Crippen molar-refractivity contribution in [3.63, 3.8) is 0 Å². The fraction of sp³-hybridized carbons (Fsp3) is 0.417. The Bertz CT molecular complexity index is 398. The number of fused-ring (bicyclic) bond motifs is 1. The van der Waals surface area contributed by atoms with Gasteiger partial charge in [0.1, 0.15) is 5.75 Å². The van der Waals surface area contributed by atoms with Crippen LogP contribution in [-0.2, 0) is 4.79 Å². The van der Waals surface area contributed by atoms with Crippen molar-refractivity contribution in [1.82, 2.24) is 0 Å². The van der Waals surface area contributed by atoms with Crippen LogP contribution >= 0.6 is 0 Å². The molecule has 0 bridgehead atoms. The van der Waals surface area contributed by atoms with Crippen LogP contribution in [0.3, 0.4) is 0 Å².